The first kappa shape index (κ1) is 16.0. The van der Waals surface area contributed by atoms with E-state index in [1.165, 1.54) is 0 Å². The fraction of sp³-hybridized carbons (Fsp3) is 0.278. The third-order valence-electron chi connectivity index (χ3n) is 3.80. The number of benzene rings is 2. The zero-order chi connectivity index (χ0) is 16.9. The molecule has 6 nitrogen and oxygen atoms in total. The molecule has 1 aliphatic heterocycles. The second-order valence-corrected chi connectivity index (χ2v) is 5.25. The van der Waals surface area contributed by atoms with Gasteiger partial charge in [0.15, 0.2) is 11.5 Å². The van der Waals surface area contributed by atoms with Crippen molar-refractivity contribution >= 4 is 5.91 Å². The number of methoxy groups -OCH3 is 2. The molecule has 0 radical (unpaired) electrons. The van der Waals surface area contributed by atoms with E-state index in [0.29, 0.717) is 30.0 Å². The van der Waals surface area contributed by atoms with E-state index in [0.717, 1.165) is 17.1 Å². The summed E-state index contributed by atoms with van der Waals surface area (Å²) in [6.45, 7) is 0.673. The van der Waals surface area contributed by atoms with E-state index in [1.807, 2.05) is 18.2 Å². The molecule has 2 aromatic carbocycles. The molecule has 1 heterocycles. The van der Waals surface area contributed by atoms with E-state index < -0.39 is 0 Å². The average molecular weight is 329 g/mol. The van der Waals surface area contributed by atoms with Crippen LogP contribution in [0.3, 0.4) is 0 Å². The fourth-order valence-corrected chi connectivity index (χ4v) is 2.53. The Bertz CT molecular complexity index is 744. The van der Waals surface area contributed by atoms with E-state index in [-0.39, 0.29) is 12.7 Å². The van der Waals surface area contributed by atoms with Gasteiger partial charge < -0.3 is 24.3 Å². The summed E-state index contributed by atoms with van der Waals surface area (Å²) in [4.78, 5) is 12.2. The molecule has 6 heteroatoms. The number of carbonyl (C=O) groups is 1. The van der Waals surface area contributed by atoms with Gasteiger partial charge in [0.25, 0.3) is 5.91 Å². The van der Waals surface area contributed by atoms with E-state index in [1.54, 1.807) is 32.4 Å². The Morgan fingerprint density at radius 2 is 1.92 bits per heavy atom. The highest BCUT2D eigenvalue weighted by atomic mass is 16.7. The molecule has 2 aromatic rings. The van der Waals surface area contributed by atoms with Crippen molar-refractivity contribution in [1.82, 2.24) is 5.32 Å². The van der Waals surface area contributed by atoms with E-state index >= 15 is 0 Å². The van der Waals surface area contributed by atoms with Crippen molar-refractivity contribution < 1.29 is 23.7 Å². The normalized spacial score (nSPS) is 11.9. The van der Waals surface area contributed by atoms with Gasteiger partial charge in [0.2, 0.25) is 6.79 Å². The van der Waals surface area contributed by atoms with Gasteiger partial charge in [0.1, 0.15) is 11.5 Å². The Labute approximate surface area is 140 Å². The van der Waals surface area contributed by atoms with Crippen LogP contribution < -0.4 is 24.3 Å². The van der Waals surface area contributed by atoms with Crippen molar-refractivity contribution in [1.29, 1.82) is 0 Å². The van der Waals surface area contributed by atoms with Crippen molar-refractivity contribution in [3.63, 3.8) is 0 Å². The Morgan fingerprint density at radius 3 is 2.71 bits per heavy atom. The SMILES string of the molecule is COc1ccc(OC)c(CCNC(=O)c2ccc3c(c2)OCO3)c1. The lowest BCUT2D eigenvalue weighted by molar-refractivity contribution is 0.0953. The van der Waals surface area contributed by atoms with E-state index in [9.17, 15) is 4.79 Å². The summed E-state index contributed by atoms with van der Waals surface area (Å²) in [7, 11) is 3.24. The lowest BCUT2D eigenvalue weighted by atomic mass is 10.1. The number of hydrogen-bond donors (Lipinski definition) is 1. The fourth-order valence-electron chi connectivity index (χ4n) is 2.53. The van der Waals surface area contributed by atoms with Crippen LogP contribution in [0.1, 0.15) is 15.9 Å². The minimum absolute atomic E-state index is 0.157. The summed E-state index contributed by atoms with van der Waals surface area (Å²) in [6.07, 6.45) is 0.636. The maximum atomic E-state index is 12.2. The zero-order valence-corrected chi connectivity index (χ0v) is 13.6. The molecular formula is C18H19NO5. The van der Waals surface area contributed by atoms with E-state index in [4.69, 9.17) is 18.9 Å². The molecule has 0 aromatic heterocycles. The molecule has 1 N–H and O–H groups in total. The maximum Gasteiger partial charge on any atom is 0.251 e. The zero-order valence-electron chi connectivity index (χ0n) is 13.6. The predicted octanol–water partition coefficient (Wildman–Crippen LogP) is 2.41. The minimum atomic E-state index is -0.157. The molecule has 0 spiro atoms. The summed E-state index contributed by atoms with van der Waals surface area (Å²) in [5.74, 6) is 2.63. The van der Waals surface area contributed by atoms with Gasteiger partial charge in [0.05, 0.1) is 14.2 Å². The molecule has 0 unspecified atom stereocenters. The summed E-state index contributed by atoms with van der Waals surface area (Å²) in [5.41, 5.74) is 1.51. The van der Waals surface area contributed by atoms with E-state index in [2.05, 4.69) is 5.32 Å². The van der Waals surface area contributed by atoms with Crippen molar-refractivity contribution in [2.45, 2.75) is 6.42 Å². The van der Waals surface area contributed by atoms with Crippen LogP contribution in [0.25, 0.3) is 0 Å². The van der Waals surface area contributed by atoms with Gasteiger partial charge in [-0.3, -0.25) is 4.79 Å². The van der Waals surface area contributed by atoms with Crippen LogP contribution in [0.15, 0.2) is 36.4 Å². The molecule has 0 fully saturated rings. The molecule has 0 aliphatic carbocycles. The molecule has 1 aliphatic rings. The topological polar surface area (TPSA) is 66.0 Å². The lowest BCUT2D eigenvalue weighted by Crippen LogP contribution is -2.25. The van der Waals surface area contributed by atoms with Gasteiger partial charge in [0, 0.05) is 12.1 Å². The van der Waals surface area contributed by atoms with Crippen LogP contribution in [0, 0.1) is 0 Å². The molecular weight excluding hydrogens is 310 g/mol. The lowest BCUT2D eigenvalue weighted by Gasteiger charge is -2.11. The van der Waals surface area contributed by atoms with Gasteiger partial charge in [-0.15, -0.1) is 0 Å². The van der Waals surface area contributed by atoms with Gasteiger partial charge in [-0.1, -0.05) is 0 Å². The van der Waals surface area contributed by atoms with Gasteiger partial charge in [-0.25, -0.2) is 0 Å². The van der Waals surface area contributed by atoms with Crippen LogP contribution in [-0.2, 0) is 6.42 Å². The largest absolute Gasteiger partial charge is 0.497 e. The molecule has 0 saturated carbocycles. The molecule has 1 amide bonds. The first-order valence-electron chi connectivity index (χ1n) is 7.60. The van der Waals surface area contributed by atoms with Crippen LogP contribution in [-0.4, -0.2) is 33.5 Å². The highest BCUT2D eigenvalue weighted by molar-refractivity contribution is 5.94. The standard InChI is InChI=1S/C18H19NO5/c1-21-14-4-6-15(22-2)12(9-14)7-8-19-18(20)13-3-5-16-17(10-13)24-11-23-16/h3-6,9-10H,7-8,11H2,1-2H3,(H,19,20). The first-order valence-corrected chi connectivity index (χ1v) is 7.60. The molecule has 3 rings (SSSR count). The molecule has 0 atom stereocenters. The van der Waals surface area contributed by atoms with Crippen molar-refractivity contribution in [2.75, 3.05) is 27.6 Å². The number of ether oxygens (including phenoxy) is 4. The predicted molar refractivity (Wildman–Crippen MR) is 88.1 cm³/mol. The number of amides is 1. The molecule has 24 heavy (non-hydrogen) atoms. The van der Waals surface area contributed by atoms with Crippen molar-refractivity contribution in [3.8, 4) is 23.0 Å². The van der Waals surface area contributed by atoms with Crippen LogP contribution in [0.4, 0.5) is 0 Å². The summed E-state index contributed by atoms with van der Waals surface area (Å²) >= 11 is 0. The Morgan fingerprint density at radius 1 is 1.08 bits per heavy atom. The highest BCUT2D eigenvalue weighted by Crippen LogP contribution is 2.32. The Balaban J connectivity index is 1.61. The average Bonchev–Trinajstić information content (AvgIpc) is 3.09. The Hall–Kier alpha value is -2.89. The molecule has 126 valence electrons. The third kappa shape index (κ3) is 3.37. The summed E-state index contributed by atoms with van der Waals surface area (Å²) in [5, 5.41) is 2.90. The first-order chi connectivity index (χ1) is 11.7. The Kier molecular flexibility index (Phi) is 4.74. The van der Waals surface area contributed by atoms with Gasteiger partial charge >= 0.3 is 0 Å². The van der Waals surface area contributed by atoms with Crippen LogP contribution in [0.5, 0.6) is 23.0 Å². The van der Waals surface area contributed by atoms with Crippen LogP contribution >= 0.6 is 0 Å². The van der Waals surface area contributed by atoms with Gasteiger partial charge in [-0.2, -0.15) is 0 Å². The number of nitrogens with one attached hydrogen (secondary N) is 1. The third-order valence-corrected chi connectivity index (χ3v) is 3.80. The number of hydrogen-bond acceptors (Lipinski definition) is 5. The quantitative estimate of drug-likeness (QED) is 0.881. The van der Waals surface area contributed by atoms with Crippen molar-refractivity contribution in [2.24, 2.45) is 0 Å². The number of fused-ring (bicyclic) bond motifs is 1. The van der Waals surface area contributed by atoms with Gasteiger partial charge in [-0.05, 0) is 48.4 Å². The maximum absolute atomic E-state index is 12.2. The minimum Gasteiger partial charge on any atom is -0.497 e. The molecule has 0 bridgehead atoms. The highest BCUT2D eigenvalue weighted by Gasteiger charge is 2.16. The summed E-state index contributed by atoms with van der Waals surface area (Å²) in [6, 6.07) is 10.7. The number of rotatable bonds is 6. The second-order valence-electron chi connectivity index (χ2n) is 5.25. The van der Waals surface area contributed by atoms with Crippen LogP contribution in [0.2, 0.25) is 0 Å². The summed E-state index contributed by atoms with van der Waals surface area (Å²) < 4.78 is 21.1. The second kappa shape index (κ2) is 7.12. The monoisotopic (exact) mass is 329 g/mol. The number of carbonyl (C=O) groups excluding carboxylic acids is 1. The van der Waals surface area contributed by atoms with Crippen molar-refractivity contribution in [3.05, 3.63) is 47.5 Å². The molecule has 0 saturated heterocycles. The smallest absolute Gasteiger partial charge is 0.251 e.